The molecule has 2 saturated heterocycles. The summed E-state index contributed by atoms with van der Waals surface area (Å²) < 4.78 is 11.3. The molecule has 1 N–H and O–H groups in total. The van der Waals surface area contributed by atoms with E-state index < -0.39 is 5.60 Å². The van der Waals surface area contributed by atoms with Crippen molar-refractivity contribution in [2.75, 3.05) is 13.2 Å². The lowest BCUT2D eigenvalue weighted by Crippen LogP contribution is -2.62. The normalized spacial score (nSPS) is 26.7. The van der Waals surface area contributed by atoms with E-state index in [2.05, 4.69) is 13.0 Å². The summed E-state index contributed by atoms with van der Waals surface area (Å²) >= 11 is 0. The first kappa shape index (κ1) is 19.0. The van der Waals surface area contributed by atoms with Crippen molar-refractivity contribution in [2.24, 2.45) is 0 Å². The van der Waals surface area contributed by atoms with Gasteiger partial charge in [0.2, 0.25) is 0 Å². The summed E-state index contributed by atoms with van der Waals surface area (Å²) in [5, 5.41) is 11.5. The van der Waals surface area contributed by atoms with Crippen LogP contribution < -0.4 is 0 Å². The zero-order valence-corrected chi connectivity index (χ0v) is 16.2. The molecule has 2 bridgehead atoms. The highest BCUT2D eigenvalue weighted by atomic mass is 16.6. The summed E-state index contributed by atoms with van der Waals surface area (Å²) in [6, 6.07) is 17.4. The maximum Gasteiger partial charge on any atom is 0.410 e. The van der Waals surface area contributed by atoms with Crippen molar-refractivity contribution in [3.8, 4) is 0 Å². The van der Waals surface area contributed by atoms with Crippen LogP contribution in [0.2, 0.25) is 0 Å². The van der Waals surface area contributed by atoms with Crippen molar-refractivity contribution >= 4 is 6.09 Å². The van der Waals surface area contributed by atoms with Gasteiger partial charge in [-0.3, -0.25) is 4.90 Å². The fourth-order valence-corrected chi connectivity index (χ4v) is 4.57. The molecule has 5 heteroatoms. The van der Waals surface area contributed by atoms with Gasteiger partial charge < -0.3 is 14.6 Å². The lowest BCUT2D eigenvalue weighted by Gasteiger charge is -2.51. The van der Waals surface area contributed by atoms with Crippen LogP contribution in [0.5, 0.6) is 0 Å². The Labute approximate surface area is 165 Å². The van der Waals surface area contributed by atoms with Crippen LogP contribution in [0, 0.1) is 0 Å². The average molecular weight is 381 g/mol. The van der Waals surface area contributed by atoms with E-state index in [9.17, 15) is 9.90 Å². The van der Waals surface area contributed by atoms with E-state index in [1.54, 1.807) is 4.90 Å². The highest BCUT2D eigenvalue weighted by Crippen LogP contribution is 2.42. The fourth-order valence-electron chi connectivity index (χ4n) is 4.57. The molecule has 0 radical (unpaired) electrons. The number of benzene rings is 2. The molecule has 2 unspecified atom stereocenters. The second-order valence-corrected chi connectivity index (χ2v) is 7.74. The summed E-state index contributed by atoms with van der Waals surface area (Å²) in [5.41, 5.74) is 2.15. The molecule has 1 amide bonds. The van der Waals surface area contributed by atoms with Crippen LogP contribution in [-0.4, -0.2) is 41.4 Å². The van der Waals surface area contributed by atoms with Crippen molar-refractivity contribution in [2.45, 2.75) is 50.5 Å². The number of rotatable bonds is 4. The highest BCUT2D eigenvalue weighted by Gasteiger charge is 2.49. The second-order valence-electron chi connectivity index (χ2n) is 7.74. The summed E-state index contributed by atoms with van der Waals surface area (Å²) in [7, 11) is 0. The average Bonchev–Trinajstić information content (AvgIpc) is 2.72. The Morgan fingerprint density at radius 3 is 2.43 bits per heavy atom. The number of morpholine rings is 1. The van der Waals surface area contributed by atoms with Gasteiger partial charge in [-0.15, -0.1) is 0 Å². The number of hydrogen-bond donors (Lipinski definition) is 1. The number of aliphatic hydroxyl groups is 1. The Balaban J connectivity index is 1.51. The van der Waals surface area contributed by atoms with E-state index in [0.29, 0.717) is 26.1 Å². The van der Waals surface area contributed by atoms with Crippen molar-refractivity contribution in [3.63, 3.8) is 0 Å². The first-order valence-electron chi connectivity index (χ1n) is 9.98. The molecule has 4 rings (SSSR count). The number of carbonyl (C=O) groups excluding carboxylic acids is 1. The van der Waals surface area contributed by atoms with Crippen LogP contribution >= 0.6 is 0 Å². The molecule has 0 spiro atoms. The van der Waals surface area contributed by atoms with Crippen LogP contribution in [0.25, 0.3) is 0 Å². The largest absolute Gasteiger partial charge is 0.445 e. The Morgan fingerprint density at radius 2 is 1.75 bits per heavy atom. The number of aryl methyl sites for hydroxylation is 1. The lowest BCUT2D eigenvalue weighted by molar-refractivity contribution is -0.137. The number of amides is 1. The number of piperidine rings is 1. The van der Waals surface area contributed by atoms with Gasteiger partial charge in [0, 0.05) is 12.8 Å². The van der Waals surface area contributed by atoms with Gasteiger partial charge in [-0.05, 0) is 23.1 Å². The van der Waals surface area contributed by atoms with E-state index in [1.165, 1.54) is 0 Å². The quantitative estimate of drug-likeness (QED) is 0.879. The fraction of sp³-hybridized carbons (Fsp3) is 0.435. The lowest BCUT2D eigenvalue weighted by atomic mass is 9.75. The number of carbonyl (C=O) groups is 1. The molecule has 2 aliphatic heterocycles. The standard InChI is InChI=1S/C23H27NO4/c1-2-18-10-6-7-11-21(18)23(26)12-19-15-27-16-20(13-23)24(19)22(25)28-14-17-8-4-3-5-9-17/h3-11,19-20,26H,2,12-16H2,1H3. The van der Waals surface area contributed by atoms with E-state index in [-0.39, 0.29) is 24.8 Å². The van der Waals surface area contributed by atoms with Crippen LogP contribution in [0.15, 0.2) is 54.6 Å². The Bertz CT molecular complexity index is 808. The van der Waals surface area contributed by atoms with E-state index >= 15 is 0 Å². The predicted octanol–water partition coefficient (Wildman–Crippen LogP) is 3.64. The van der Waals surface area contributed by atoms with Gasteiger partial charge in [0.1, 0.15) is 6.61 Å². The van der Waals surface area contributed by atoms with E-state index in [1.807, 2.05) is 48.5 Å². The molecule has 2 atom stereocenters. The highest BCUT2D eigenvalue weighted by molar-refractivity contribution is 5.69. The molecule has 2 fully saturated rings. The van der Waals surface area contributed by atoms with Gasteiger partial charge >= 0.3 is 6.09 Å². The van der Waals surface area contributed by atoms with Crippen molar-refractivity contribution in [1.82, 2.24) is 4.90 Å². The van der Waals surface area contributed by atoms with Crippen molar-refractivity contribution in [1.29, 1.82) is 0 Å². The maximum atomic E-state index is 12.8. The molecule has 0 aromatic heterocycles. The minimum atomic E-state index is -0.943. The van der Waals surface area contributed by atoms with Crippen molar-refractivity contribution in [3.05, 3.63) is 71.3 Å². The molecular weight excluding hydrogens is 354 g/mol. The first-order valence-corrected chi connectivity index (χ1v) is 9.98. The number of fused-ring (bicyclic) bond motifs is 2. The third kappa shape index (κ3) is 3.64. The Hall–Kier alpha value is -2.37. The summed E-state index contributed by atoms with van der Waals surface area (Å²) in [5.74, 6) is 0. The summed E-state index contributed by atoms with van der Waals surface area (Å²) in [6.45, 7) is 3.20. The van der Waals surface area contributed by atoms with Crippen LogP contribution in [0.4, 0.5) is 4.79 Å². The Kier molecular flexibility index (Phi) is 5.38. The number of hydrogen-bond acceptors (Lipinski definition) is 4. The van der Waals surface area contributed by atoms with Gasteiger partial charge in [-0.2, -0.15) is 0 Å². The van der Waals surface area contributed by atoms with Gasteiger partial charge in [0.15, 0.2) is 0 Å². The molecule has 5 nitrogen and oxygen atoms in total. The maximum absolute atomic E-state index is 12.8. The van der Waals surface area contributed by atoms with Gasteiger partial charge in [0.05, 0.1) is 30.9 Å². The van der Waals surface area contributed by atoms with E-state index in [0.717, 1.165) is 23.1 Å². The summed E-state index contributed by atoms with van der Waals surface area (Å²) in [4.78, 5) is 14.6. The zero-order chi connectivity index (χ0) is 19.6. The first-order chi connectivity index (χ1) is 13.6. The molecule has 0 saturated carbocycles. The molecule has 0 aliphatic carbocycles. The van der Waals surface area contributed by atoms with Crippen LogP contribution in [-0.2, 0) is 28.1 Å². The predicted molar refractivity (Wildman–Crippen MR) is 106 cm³/mol. The smallest absolute Gasteiger partial charge is 0.410 e. The molecule has 148 valence electrons. The van der Waals surface area contributed by atoms with Gasteiger partial charge in [0.25, 0.3) is 0 Å². The SMILES string of the molecule is CCc1ccccc1C1(O)CC2COCC(C1)N2C(=O)OCc1ccccc1. The minimum absolute atomic E-state index is 0.189. The topological polar surface area (TPSA) is 59.0 Å². The molecule has 28 heavy (non-hydrogen) atoms. The minimum Gasteiger partial charge on any atom is -0.445 e. The molecule has 2 aliphatic rings. The Morgan fingerprint density at radius 1 is 1.11 bits per heavy atom. The van der Waals surface area contributed by atoms with E-state index in [4.69, 9.17) is 9.47 Å². The third-order valence-corrected chi connectivity index (χ3v) is 5.87. The molecule has 2 aromatic carbocycles. The van der Waals surface area contributed by atoms with Gasteiger partial charge in [-0.1, -0.05) is 61.5 Å². The van der Waals surface area contributed by atoms with Gasteiger partial charge in [-0.25, -0.2) is 4.79 Å². The number of ether oxygens (including phenoxy) is 2. The van der Waals surface area contributed by atoms with Crippen LogP contribution in [0.3, 0.4) is 0 Å². The molecule has 2 aromatic rings. The zero-order valence-electron chi connectivity index (χ0n) is 16.2. The number of nitrogens with zero attached hydrogens (tertiary/aromatic N) is 1. The molecular formula is C23H27NO4. The van der Waals surface area contributed by atoms with Crippen molar-refractivity contribution < 1.29 is 19.4 Å². The van der Waals surface area contributed by atoms with Crippen LogP contribution in [0.1, 0.15) is 36.5 Å². The summed E-state index contributed by atoms with van der Waals surface area (Å²) in [6.07, 6.45) is 1.46. The third-order valence-electron chi connectivity index (χ3n) is 5.87. The second kappa shape index (κ2) is 7.94. The monoisotopic (exact) mass is 381 g/mol. The molecule has 2 heterocycles.